The molecule has 0 saturated carbocycles. The van der Waals surface area contributed by atoms with Gasteiger partial charge in [0.15, 0.2) is 0 Å². The van der Waals surface area contributed by atoms with Crippen LogP contribution >= 0.6 is 0 Å². The number of rotatable bonds is 5. The van der Waals surface area contributed by atoms with Crippen LogP contribution in [0, 0.1) is 0 Å². The summed E-state index contributed by atoms with van der Waals surface area (Å²) in [6.07, 6.45) is 0. The van der Waals surface area contributed by atoms with E-state index < -0.39 is 11.5 Å². The third-order valence-corrected chi connectivity index (χ3v) is 4.71. The summed E-state index contributed by atoms with van der Waals surface area (Å²) in [6, 6.07) is 25.0. The molecule has 1 aromatic heterocycles. The van der Waals surface area contributed by atoms with E-state index >= 15 is 0 Å². The van der Waals surface area contributed by atoms with Crippen LogP contribution in [0.25, 0.3) is 10.9 Å². The molecule has 3 aromatic carbocycles. The van der Waals surface area contributed by atoms with Crippen LogP contribution in [0.15, 0.2) is 89.7 Å². The highest BCUT2D eigenvalue weighted by Crippen LogP contribution is 2.17. The molecular weight excluding hydrogens is 378 g/mol. The summed E-state index contributed by atoms with van der Waals surface area (Å²) in [4.78, 5) is 40.5. The van der Waals surface area contributed by atoms with Crippen molar-refractivity contribution in [1.82, 2.24) is 10.3 Å². The average molecular weight is 397 g/mol. The Morgan fingerprint density at radius 2 is 1.47 bits per heavy atom. The van der Waals surface area contributed by atoms with Crippen molar-refractivity contribution in [3.63, 3.8) is 0 Å². The molecule has 0 bridgehead atoms. The fourth-order valence-electron chi connectivity index (χ4n) is 3.17. The molecule has 0 aliphatic rings. The first kappa shape index (κ1) is 19.1. The summed E-state index contributed by atoms with van der Waals surface area (Å²) in [5.41, 5.74) is 1.76. The molecule has 1 heterocycles. The minimum absolute atomic E-state index is 0.0202. The summed E-state index contributed by atoms with van der Waals surface area (Å²) >= 11 is 0. The van der Waals surface area contributed by atoms with Crippen LogP contribution in [-0.4, -0.2) is 16.8 Å². The largest absolute Gasteiger partial charge is 0.348 e. The van der Waals surface area contributed by atoms with Gasteiger partial charge in [-0.15, -0.1) is 0 Å². The van der Waals surface area contributed by atoms with Crippen LogP contribution in [-0.2, 0) is 6.54 Å². The van der Waals surface area contributed by atoms with E-state index in [0.29, 0.717) is 23.3 Å². The zero-order chi connectivity index (χ0) is 20.9. The van der Waals surface area contributed by atoms with E-state index in [1.54, 1.807) is 36.4 Å². The van der Waals surface area contributed by atoms with E-state index in [-0.39, 0.29) is 11.5 Å². The van der Waals surface area contributed by atoms with E-state index in [4.69, 9.17) is 0 Å². The van der Waals surface area contributed by atoms with Crippen molar-refractivity contribution in [2.45, 2.75) is 6.54 Å². The van der Waals surface area contributed by atoms with Crippen LogP contribution in [0.1, 0.15) is 26.3 Å². The third-order valence-electron chi connectivity index (χ3n) is 4.71. The van der Waals surface area contributed by atoms with Crippen LogP contribution in [0.2, 0.25) is 0 Å². The average Bonchev–Trinajstić information content (AvgIpc) is 2.78. The van der Waals surface area contributed by atoms with Crippen molar-refractivity contribution in [2.24, 2.45) is 0 Å². The number of amides is 2. The van der Waals surface area contributed by atoms with Crippen LogP contribution < -0.4 is 16.2 Å². The predicted octanol–water partition coefficient (Wildman–Crippen LogP) is 3.71. The van der Waals surface area contributed by atoms with E-state index in [9.17, 15) is 14.4 Å². The van der Waals surface area contributed by atoms with Crippen molar-refractivity contribution in [2.75, 3.05) is 5.32 Å². The Labute approximate surface area is 172 Å². The SMILES string of the molecule is O=C(NCc1ccccc1)c1ccccc1NC(=O)c1cc2ccccc2[nH]c1=O. The van der Waals surface area contributed by atoms with Crippen LogP contribution in [0.3, 0.4) is 0 Å². The molecule has 4 aromatic rings. The molecule has 0 saturated heterocycles. The molecule has 0 atom stereocenters. The van der Waals surface area contributed by atoms with Gasteiger partial charge in [0, 0.05) is 12.1 Å². The first-order valence-corrected chi connectivity index (χ1v) is 9.46. The number of aromatic nitrogens is 1. The van der Waals surface area contributed by atoms with Gasteiger partial charge in [0.2, 0.25) is 0 Å². The Kier molecular flexibility index (Phi) is 5.39. The lowest BCUT2D eigenvalue weighted by atomic mass is 10.1. The molecule has 4 rings (SSSR count). The molecule has 0 spiro atoms. The molecule has 0 aliphatic heterocycles. The number of nitrogens with one attached hydrogen (secondary N) is 3. The maximum Gasteiger partial charge on any atom is 0.261 e. The molecule has 6 nitrogen and oxygen atoms in total. The van der Waals surface area contributed by atoms with Crippen molar-refractivity contribution in [3.05, 3.63) is 112 Å². The molecule has 148 valence electrons. The number of carbonyl (C=O) groups excluding carboxylic acids is 2. The Morgan fingerprint density at radius 3 is 2.30 bits per heavy atom. The van der Waals surface area contributed by atoms with Crippen molar-refractivity contribution >= 4 is 28.4 Å². The molecule has 0 radical (unpaired) electrons. The quantitative estimate of drug-likeness (QED) is 0.479. The van der Waals surface area contributed by atoms with Gasteiger partial charge >= 0.3 is 0 Å². The van der Waals surface area contributed by atoms with Crippen LogP contribution in [0.5, 0.6) is 0 Å². The highest BCUT2D eigenvalue weighted by Gasteiger charge is 2.16. The second kappa shape index (κ2) is 8.45. The predicted molar refractivity (Wildman–Crippen MR) is 117 cm³/mol. The summed E-state index contributed by atoms with van der Waals surface area (Å²) in [5, 5.41) is 6.28. The van der Waals surface area contributed by atoms with Gasteiger partial charge in [0.25, 0.3) is 17.4 Å². The molecule has 30 heavy (non-hydrogen) atoms. The lowest BCUT2D eigenvalue weighted by molar-refractivity contribution is 0.0952. The van der Waals surface area contributed by atoms with Gasteiger partial charge < -0.3 is 15.6 Å². The zero-order valence-electron chi connectivity index (χ0n) is 16.0. The lowest BCUT2D eigenvalue weighted by Crippen LogP contribution is -2.26. The number of aromatic amines is 1. The van der Waals surface area contributed by atoms with Crippen molar-refractivity contribution < 1.29 is 9.59 Å². The van der Waals surface area contributed by atoms with Gasteiger partial charge in [-0.05, 0) is 35.2 Å². The monoisotopic (exact) mass is 397 g/mol. The first-order chi connectivity index (χ1) is 14.6. The molecule has 0 fully saturated rings. The zero-order valence-corrected chi connectivity index (χ0v) is 16.0. The van der Waals surface area contributed by atoms with E-state index in [2.05, 4.69) is 15.6 Å². The molecule has 0 unspecified atom stereocenters. The molecule has 6 heteroatoms. The number of benzene rings is 3. The normalized spacial score (nSPS) is 10.5. The number of hydrogen-bond acceptors (Lipinski definition) is 3. The fraction of sp³-hybridized carbons (Fsp3) is 0.0417. The smallest absolute Gasteiger partial charge is 0.261 e. The number of para-hydroxylation sites is 2. The first-order valence-electron chi connectivity index (χ1n) is 9.46. The van der Waals surface area contributed by atoms with Gasteiger partial charge in [-0.3, -0.25) is 14.4 Å². The molecular formula is C24H19N3O3. The Morgan fingerprint density at radius 1 is 0.767 bits per heavy atom. The fourth-order valence-corrected chi connectivity index (χ4v) is 3.17. The van der Waals surface area contributed by atoms with E-state index in [0.717, 1.165) is 10.9 Å². The Hall–Kier alpha value is -4.19. The second-order valence-corrected chi connectivity index (χ2v) is 6.77. The van der Waals surface area contributed by atoms with Gasteiger partial charge in [-0.25, -0.2) is 0 Å². The third kappa shape index (κ3) is 4.12. The van der Waals surface area contributed by atoms with Crippen molar-refractivity contribution in [1.29, 1.82) is 0 Å². The number of fused-ring (bicyclic) bond motifs is 1. The van der Waals surface area contributed by atoms with Gasteiger partial charge in [0.05, 0.1) is 11.3 Å². The minimum Gasteiger partial charge on any atom is -0.348 e. The maximum absolute atomic E-state index is 12.8. The highest BCUT2D eigenvalue weighted by atomic mass is 16.2. The van der Waals surface area contributed by atoms with Gasteiger partial charge in [0.1, 0.15) is 5.56 Å². The minimum atomic E-state index is -0.578. The van der Waals surface area contributed by atoms with Gasteiger partial charge in [-0.2, -0.15) is 0 Å². The highest BCUT2D eigenvalue weighted by molar-refractivity contribution is 6.09. The summed E-state index contributed by atoms with van der Waals surface area (Å²) in [5.74, 6) is -0.896. The second-order valence-electron chi connectivity index (χ2n) is 6.77. The summed E-state index contributed by atoms with van der Waals surface area (Å²) < 4.78 is 0. The summed E-state index contributed by atoms with van der Waals surface area (Å²) in [6.45, 7) is 0.367. The Bertz CT molecular complexity index is 1280. The van der Waals surface area contributed by atoms with Crippen molar-refractivity contribution in [3.8, 4) is 0 Å². The topological polar surface area (TPSA) is 91.1 Å². The number of hydrogen-bond donors (Lipinski definition) is 3. The standard InChI is InChI=1S/C24H19N3O3/c28-22(25-15-16-8-2-1-3-9-16)18-11-5-7-13-21(18)27-24(30)19-14-17-10-4-6-12-20(17)26-23(19)29/h1-14H,15H2,(H,25,28)(H,26,29)(H,27,30). The maximum atomic E-state index is 12.8. The molecule has 0 aliphatic carbocycles. The molecule has 3 N–H and O–H groups in total. The molecule has 2 amide bonds. The number of H-pyrrole nitrogens is 1. The number of anilines is 1. The lowest BCUT2D eigenvalue weighted by Gasteiger charge is -2.12. The summed E-state index contributed by atoms with van der Waals surface area (Å²) in [7, 11) is 0. The van der Waals surface area contributed by atoms with Crippen LogP contribution in [0.4, 0.5) is 5.69 Å². The van der Waals surface area contributed by atoms with E-state index in [1.807, 2.05) is 48.5 Å². The number of carbonyl (C=O) groups is 2. The van der Waals surface area contributed by atoms with E-state index in [1.165, 1.54) is 0 Å². The van der Waals surface area contributed by atoms with Gasteiger partial charge in [-0.1, -0.05) is 60.7 Å². The Balaban J connectivity index is 1.55. The number of pyridine rings is 1.